The molecule has 0 amide bonds. The molecule has 1 unspecified atom stereocenters. The maximum Gasteiger partial charge on any atom is 0.137 e. The third-order valence-electron chi connectivity index (χ3n) is 2.75. The molecule has 19 heavy (non-hydrogen) atoms. The number of benzene rings is 1. The average molecular weight is 258 g/mol. The summed E-state index contributed by atoms with van der Waals surface area (Å²) < 4.78 is 5.51. The summed E-state index contributed by atoms with van der Waals surface area (Å²) in [6.45, 7) is 2.68. The van der Waals surface area contributed by atoms with E-state index < -0.39 is 6.10 Å². The van der Waals surface area contributed by atoms with E-state index in [0.29, 0.717) is 23.6 Å². The Bertz CT molecular complexity index is 543. The van der Waals surface area contributed by atoms with Gasteiger partial charge in [0.1, 0.15) is 11.9 Å². The molecule has 0 spiro atoms. The topological polar surface area (TPSA) is 68.4 Å². The van der Waals surface area contributed by atoms with Gasteiger partial charge in [-0.15, -0.1) is 0 Å². The molecular weight excluding hydrogens is 240 g/mol. The Balaban J connectivity index is 2.21. The van der Waals surface area contributed by atoms with Gasteiger partial charge in [0.25, 0.3) is 0 Å². The summed E-state index contributed by atoms with van der Waals surface area (Å²) in [7, 11) is 0. The van der Waals surface area contributed by atoms with E-state index in [1.807, 2.05) is 19.1 Å². The molecule has 1 heterocycles. The average Bonchev–Trinajstić information content (AvgIpc) is 2.44. The fraction of sp³-hybridized carbons (Fsp3) is 0.267. The Hall–Kier alpha value is -2.07. The smallest absolute Gasteiger partial charge is 0.137 e. The number of nitrogen functional groups attached to an aromatic ring is 1. The molecule has 2 aromatic rings. The molecule has 1 atom stereocenters. The first-order chi connectivity index (χ1) is 9.20. The number of aliphatic hydroxyl groups excluding tert-OH is 1. The zero-order valence-electron chi connectivity index (χ0n) is 10.9. The molecule has 3 N–H and O–H groups in total. The highest BCUT2D eigenvalue weighted by Crippen LogP contribution is 2.25. The number of anilines is 1. The molecule has 2 rings (SSSR count). The number of aliphatic hydroxyl groups is 1. The fourth-order valence-electron chi connectivity index (χ4n) is 1.81. The number of nitrogens with zero attached hydrogens (tertiary/aromatic N) is 1. The SMILES string of the molecule is CCCOc1cncc(C(O)c2cccc(N)c2)c1. The molecule has 100 valence electrons. The molecule has 4 nitrogen and oxygen atoms in total. The molecular formula is C15H18N2O2. The van der Waals surface area contributed by atoms with Crippen molar-refractivity contribution < 1.29 is 9.84 Å². The molecule has 4 heteroatoms. The first kappa shape index (κ1) is 13.4. The lowest BCUT2D eigenvalue weighted by Gasteiger charge is -2.13. The van der Waals surface area contributed by atoms with Crippen LogP contribution in [0.25, 0.3) is 0 Å². The van der Waals surface area contributed by atoms with Gasteiger partial charge in [0.15, 0.2) is 0 Å². The summed E-state index contributed by atoms with van der Waals surface area (Å²) in [6.07, 6.45) is 3.46. The summed E-state index contributed by atoms with van der Waals surface area (Å²) in [5.74, 6) is 0.669. The highest BCUT2D eigenvalue weighted by molar-refractivity contribution is 5.43. The highest BCUT2D eigenvalue weighted by atomic mass is 16.5. The largest absolute Gasteiger partial charge is 0.492 e. The number of nitrogens with two attached hydrogens (primary N) is 1. The van der Waals surface area contributed by atoms with Crippen LogP contribution < -0.4 is 10.5 Å². The van der Waals surface area contributed by atoms with Crippen molar-refractivity contribution >= 4 is 5.69 Å². The molecule has 0 bridgehead atoms. The van der Waals surface area contributed by atoms with E-state index in [2.05, 4.69) is 4.98 Å². The summed E-state index contributed by atoms with van der Waals surface area (Å²) in [6, 6.07) is 9.00. The van der Waals surface area contributed by atoms with Gasteiger partial charge in [-0.2, -0.15) is 0 Å². The standard InChI is InChI=1S/C15H18N2O2/c1-2-6-19-14-8-12(9-17-10-14)15(18)11-4-3-5-13(16)7-11/h3-5,7-10,15,18H,2,6,16H2,1H3. The van der Waals surface area contributed by atoms with Crippen LogP contribution in [0.15, 0.2) is 42.7 Å². The van der Waals surface area contributed by atoms with Crippen molar-refractivity contribution in [2.24, 2.45) is 0 Å². The maximum atomic E-state index is 10.3. The van der Waals surface area contributed by atoms with Crippen molar-refractivity contribution in [3.8, 4) is 5.75 Å². The minimum atomic E-state index is -0.749. The molecule has 1 aromatic heterocycles. The first-order valence-corrected chi connectivity index (χ1v) is 6.32. The Morgan fingerprint density at radius 1 is 1.26 bits per heavy atom. The molecule has 0 aliphatic heterocycles. The maximum absolute atomic E-state index is 10.3. The lowest BCUT2D eigenvalue weighted by atomic mass is 10.0. The monoisotopic (exact) mass is 258 g/mol. The summed E-state index contributed by atoms with van der Waals surface area (Å²) in [5.41, 5.74) is 7.78. The van der Waals surface area contributed by atoms with Crippen molar-refractivity contribution in [1.82, 2.24) is 4.98 Å². The Kier molecular flexibility index (Phi) is 4.36. The molecule has 0 radical (unpaired) electrons. The second-order valence-electron chi connectivity index (χ2n) is 4.38. The van der Waals surface area contributed by atoms with Gasteiger partial charge in [0, 0.05) is 17.4 Å². The number of pyridine rings is 1. The summed E-state index contributed by atoms with van der Waals surface area (Å²) >= 11 is 0. The van der Waals surface area contributed by atoms with Crippen LogP contribution in [0.5, 0.6) is 5.75 Å². The van der Waals surface area contributed by atoms with Crippen LogP contribution in [0, 0.1) is 0 Å². The van der Waals surface area contributed by atoms with E-state index in [9.17, 15) is 5.11 Å². The fourth-order valence-corrected chi connectivity index (χ4v) is 1.81. The third kappa shape index (κ3) is 3.45. The van der Waals surface area contributed by atoms with Crippen molar-refractivity contribution in [2.75, 3.05) is 12.3 Å². The molecule has 1 aromatic carbocycles. The van der Waals surface area contributed by atoms with Crippen LogP contribution in [0.3, 0.4) is 0 Å². The van der Waals surface area contributed by atoms with Crippen LogP contribution in [0.4, 0.5) is 5.69 Å². The van der Waals surface area contributed by atoms with E-state index in [1.54, 1.807) is 30.6 Å². The minimum absolute atomic E-state index is 0.628. The van der Waals surface area contributed by atoms with E-state index in [0.717, 1.165) is 12.0 Å². The van der Waals surface area contributed by atoms with Crippen molar-refractivity contribution in [1.29, 1.82) is 0 Å². The van der Waals surface area contributed by atoms with Crippen molar-refractivity contribution in [2.45, 2.75) is 19.4 Å². The van der Waals surface area contributed by atoms with Gasteiger partial charge in [-0.3, -0.25) is 4.98 Å². The number of hydrogen-bond donors (Lipinski definition) is 2. The van der Waals surface area contributed by atoms with Crippen LogP contribution in [0.1, 0.15) is 30.6 Å². The predicted molar refractivity (Wildman–Crippen MR) is 74.9 cm³/mol. The van der Waals surface area contributed by atoms with E-state index >= 15 is 0 Å². The zero-order chi connectivity index (χ0) is 13.7. The quantitative estimate of drug-likeness (QED) is 0.809. The van der Waals surface area contributed by atoms with Gasteiger partial charge in [0.2, 0.25) is 0 Å². The number of ether oxygens (including phenoxy) is 1. The van der Waals surface area contributed by atoms with Crippen molar-refractivity contribution in [3.63, 3.8) is 0 Å². The first-order valence-electron chi connectivity index (χ1n) is 6.32. The third-order valence-corrected chi connectivity index (χ3v) is 2.75. The second kappa shape index (κ2) is 6.20. The van der Waals surface area contributed by atoms with Gasteiger partial charge in [0.05, 0.1) is 12.8 Å². The van der Waals surface area contributed by atoms with Crippen LogP contribution in [-0.4, -0.2) is 16.7 Å². The number of rotatable bonds is 5. The zero-order valence-corrected chi connectivity index (χ0v) is 10.9. The van der Waals surface area contributed by atoms with Crippen LogP contribution in [0.2, 0.25) is 0 Å². The van der Waals surface area contributed by atoms with Crippen molar-refractivity contribution in [3.05, 3.63) is 53.9 Å². The molecule has 0 saturated heterocycles. The van der Waals surface area contributed by atoms with Gasteiger partial charge in [-0.25, -0.2) is 0 Å². The number of aromatic nitrogens is 1. The summed E-state index contributed by atoms with van der Waals surface area (Å²) in [4.78, 5) is 4.09. The molecule has 0 aliphatic carbocycles. The Morgan fingerprint density at radius 2 is 2.11 bits per heavy atom. The van der Waals surface area contributed by atoms with Crippen LogP contribution >= 0.6 is 0 Å². The molecule has 0 fully saturated rings. The Labute approximate surface area is 112 Å². The summed E-state index contributed by atoms with van der Waals surface area (Å²) in [5, 5.41) is 10.3. The lowest BCUT2D eigenvalue weighted by Crippen LogP contribution is -2.03. The van der Waals surface area contributed by atoms with E-state index in [1.165, 1.54) is 0 Å². The van der Waals surface area contributed by atoms with Gasteiger partial charge >= 0.3 is 0 Å². The van der Waals surface area contributed by atoms with Gasteiger partial charge in [-0.1, -0.05) is 19.1 Å². The number of hydrogen-bond acceptors (Lipinski definition) is 4. The molecule has 0 saturated carbocycles. The predicted octanol–water partition coefficient (Wildman–Crippen LogP) is 2.53. The van der Waals surface area contributed by atoms with E-state index in [-0.39, 0.29) is 0 Å². The lowest BCUT2D eigenvalue weighted by molar-refractivity contribution is 0.219. The minimum Gasteiger partial charge on any atom is -0.492 e. The second-order valence-corrected chi connectivity index (χ2v) is 4.38. The van der Waals surface area contributed by atoms with Crippen LogP contribution in [-0.2, 0) is 0 Å². The Morgan fingerprint density at radius 3 is 2.84 bits per heavy atom. The molecule has 0 aliphatic rings. The normalized spacial score (nSPS) is 12.1. The van der Waals surface area contributed by atoms with Gasteiger partial charge < -0.3 is 15.6 Å². The highest BCUT2D eigenvalue weighted by Gasteiger charge is 2.12. The van der Waals surface area contributed by atoms with Gasteiger partial charge in [-0.05, 0) is 30.2 Å². The van der Waals surface area contributed by atoms with E-state index in [4.69, 9.17) is 10.5 Å².